The van der Waals surface area contributed by atoms with Crippen LogP contribution in [0.1, 0.15) is 43.6 Å². The molecule has 0 atom stereocenters. The molecule has 0 saturated carbocycles. The molecular formula is C21H23ClN4O4. The highest BCUT2D eigenvalue weighted by molar-refractivity contribution is 6.30. The van der Waals surface area contributed by atoms with Crippen LogP contribution in [0, 0.1) is 6.92 Å². The van der Waals surface area contributed by atoms with Crippen LogP contribution in [0.3, 0.4) is 0 Å². The average Bonchev–Trinajstić information content (AvgIpc) is 3.12. The zero-order valence-electron chi connectivity index (χ0n) is 17.5. The van der Waals surface area contributed by atoms with Gasteiger partial charge in [0, 0.05) is 11.6 Å². The monoisotopic (exact) mass is 430 g/mol. The minimum Gasteiger partial charge on any atom is -0.462 e. The summed E-state index contributed by atoms with van der Waals surface area (Å²) in [4.78, 5) is 30.9. The zero-order chi connectivity index (χ0) is 22.1. The Bertz CT molecular complexity index is 1090. The molecule has 0 aliphatic rings. The van der Waals surface area contributed by atoms with Crippen LogP contribution in [0.4, 0.5) is 16.3 Å². The van der Waals surface area contributed by atoms with Crippen molar-refractivity contribution in [2.24, 2.45) is 0 Å². The molecule has 0 saturated heterocycles. The van der Waals surface area contributed by atoms with Crippen LogP contribution in [-0.4, -0.2) is 38.9 Å². The summed E-state index contributed by atoms with van der Waals surface area (Å²) in [6.45, 7) is 9.10. The van der Waals surface area contributed by atoms with Crippen LogP contribution < -0.4 is 4.90 Å². The molecule has 0 bridgehead atoms. The van der Waals surface area contributed by atoms with E-state index in [-0.39, 0.29) is 11.8 Å². The minimum absolute atomic E-state index is 0.245. The standard InChI is InChI=1S/C21H23ClN4O4/c1-6-29-19(27)14-7-9-15(10-8-14)25(20(28)30-21(3,4)5)18-13(2)17(22)24-16-11-12-23-26(16)18/h7-12H,6H2,1-5H3. The number of ether oxygens (including phenoxy) is 2. The van der Waals surface area contributed by atoms with Crippen LogP contribution >= 0.6 is 11.6 Å². The van der Waals surface area contributed by atoms with E-state index in [0.29, 0.717) is 28.3 Å². The maximum Gasteiger partial charge on any atom is 0.420 e. The normalized spacial score (nSPS) is 11.4. The fourth-order valence-corrected chi connectivity index (χ4v) is 3.00. The van der Waals surface area contributed by atoms with Crippen molar-refractivity contribution in [3.05, 3.63) is 52.8 Å². The third-order valence-corrected chi connectivity index (χ3v) is 4.47. The zero-order valence-corrected chi connectivity index (χ0v) is 18.2. The van der Waals surface area contributed by atoms with Crippen molar-refractivity contribution < 1.29 is 19.1 Å². The summed E-state index contributed by atoms with van der Waals surface area (Å²) in [6, 6.07) is 8.14. The quantitative estimate of drug-likeness (QED) is 0.430. The van der Waals surface area contributed by atoms with Gasteiger partial charge in [0.2, 0.25) is 0 Å². The first kappa shape index (κ1) is 21.6. The first-order valence-electron chi connectivity index (χ1n) is 9.42. The van der Waals surface area contributed by atoms with Crippen LogP contribution in [0.15, 0.2) is 36.5 Å². The third kappa shape index (κ3) is 4.38. The minimum atomic E-state index is -0.728. The molecule has 0 spiro atoms. The van der Waals surface area contributed by atoms with E-state index in [9.17, 15) is 9.59 Å². The van der Waals surface area contributed by atoms with Gasteiger partial charge >= 0.3 is 12.1 Å². The molecule has 30 heavy (non-hydrogen) atoms. The molecular weight excluding hydrogens is 408 g/mol. The predicted molar refractivity (Wildman–Crippen MR) is 114 cm³/mol. The molecule has 9 heteroatoms. The van der Waals surface area contributed by atoms with Gasteiger partial charge < -0.3 is 9.47 Å². The van der Waals surface area contributed by atoms with Crippen LogP contribution in [0.25, 0.3) is 5.65 Å². The van der Waals surface area contributed by atoms with Crippen molar-refractivity contribution in [1.82, 2.24) is 14.6 Å². The SMILES string of the molecule is CCOC(=O)c1ccc(N(C(=O)OC(C)(C)C)c2c(C)c(Cl)nc3ccnn23)cc1. The number of halogens is 1. The highest BCUT2D eigenvalue weighted by Crippen LogP contribution is 2.33. The fraction of sp³-hybridized carbons (Fsp3) is 0.333. The van der Waals surface area contributed by atoms with Gasteiger partial charge in [-0.3, -0.25) is 0 Å². The second-order valence-corrected chi connectivity index (χ2v) is 7.89. The Labute approximate surface area is 179 Å². The molecule has 1 aromatic carbocycles. The van der Waals surface area contributed by atoms with Gasteiger partial charge in [0.15, 0.2) is 11.5 Å². The van der Waals surface area contributed by atoms with Crippen molar-refractivity contribution in [3.63, 3.8) is 0 Å². The molecule has 0 fully saturated rings. The van der Waals surface area contributed by atoms with Gasteiger partial charge in [-0.15, -0.1) is 0 Å². The topological polar surface area (TPSA) is 86.0 Å². The maximum absolute atomic E-state index is 13.2. The van der Waals surface area contributed by atoms with Crippen LogP contribution in [0.5, 0.6) is 0 Å². The van der Waals surface area contributed by atoms with E-state index in [0.717, 1.165) is 0 Å². The van der Waals surface area contributed by atoms with Gasteiger partial charge in [0.25, 0.3) is 0 Å². The summed E-state index contributed by atoms with van der Waals surface area (Å²) >= 11 is 6.33. The van der Waals surface area contributed by atoms with E-state index in [2.05, 4.69) is 10.1 Å². The number of rotatable bonds is 4. The molecule has 3 aromatic rings. The summed E-state index contributed by atoms with van der Waals surface area (Å²) < 4.78 is 12.2. The Balaban J connectivity index is 2.16. The summed E-state index contributed by atoms with van der Waals surface area (Å²) in [5, 5.41) is 4.53. The second-order valence-electron chi connectivity index (χ2n) is 7.54. The molecule has 2 aromatic heterocycles. The second kappa shape index (κ2) is 8.31. The summed E-state index contributed by atoms with van der Waals surface area (Å²) in [5.74, 6) is -0.0430. The molecule has 0 aliphatic heterocycles. The van der Waals surface area contributed by atoms with Crippen molar-refractivity contribution in [3.8, 4) is 0 Å². The van der Waals surface area contributed by atoms with Crippen molar-refractivity contribution >= 4 is 40.8 Å². The predicted octanol–water partition coefficient (Wildman–Crippen LogP) is 4.94. The summed E-state index contributed by atoms with van der Waals surface area (Å²) in [7, 11) is 0. The number of hydrogen-bond donors (Lipinski definition) is 0. The lowest BCUT2D eigenvalue weighted by Gasteiger charge is -2.28. The van der Waals surface area contributed by atoms with Crippen LogP contribution in [0.2, 0.25) is 5.15 Å². The van der Waals surface area contributed by atoms with Crippen molar-refractivity contribution in [1.29, 1.82) is 0 Å². The summed E-state index contributed by atoms with van der Waals surface area (Å²) in [5.41, 5.74) is 1.15. The molecule has 1 amide bonds. The first-order chi connectivity index (χ1) is 14.1. The Hall–Kier alpha value is -3.13. The van der Waals surface area contributed by atoms with Gasteiger partial charge in [-0.2, -0.15) is 9.61 Å². The lowest BCUT2D eigenvalue weighted by Crippen LogP contribution is -2.35. The Morgan fingerprint density at radius 2 is 1.83 bits per heavy atom. The molecule has 8 nitrogen and oxygen atoms in total. The number of nitrogens with zero attached hydrogens (tertiary/aromatic N) is 4. The van der Waals surface area contributed by atoms with Gasteiger partial charge in [-0.05, 0) is 58.9 Å². The molecule has 2 heterocycles. The van der Waals surface area contributed by atoms with E-state index < -0.39 is 17.7 Å². The number of benzene rings is 1. The first-order valence-corrected chi connectivity index (χ1v) is 9.80. The number of anilines is 2. The molecule has 0 radical (unpaired) electrons. The Morgan fingerprint density at radius 3 is 2.43 bits per heavy atom. The fourth-order valence-electron chi connectivity index (χ4n) is 2.82. The number of hydrogen-bond acceptors (Lipinski definition) is 6. The number of carbonyl (C=O) groups is 2. The molecule has 0 unspecified atom stereocenters. The van der Waals surface area contributed by atoms with E-state index in [1.165, 1.54) is 9.42 Å². The lowest BCUT2D eigenvalue weighted by atomic mass is 10.2. The van der Waals surface area contributed by atoms with E-state index in [1.54, 1.807) is 71.1 Å². The maximum atomic E-state index is 13.2. The number of aromatic nitrogens is 3. The van der Waals surface area contributed by atoms with E-state index in [4.69, 9.17) is 21.1 Å². The molecule has 158 valence electrons. The van der Waals surface area contributed by atoms with Crippen molar-refractivity contribution in [2.45, 2.75) is 40.2 Å². The van der Waals surface area contributed by atoms with Gasteiger partial charge in [-0.25, -0.2) is 19.5 Å². The molecule has 0 N–H and O–H groups in total. The Kier molecular flexibility index (Phi) is 5.98. The smallest absolute Gasteiger partial charge is 0.420 e. The Morgan fingerprint density at radius 1 is 1.17 bits per heavy atom. The lowest BCUT2D eigenvalue weighted by molar-refractivity contribution is 0.0525. The number of carbonyl (C=O) groups excluding carboxylic acids is 2. The van der Waals surface area contributed by atoms with Crippen molar-refractivity contribution in [2.75, 3.05) is 11.5 Å². The summed E-state index contributed by atoms with van der Waals surface area (Å²) in [6.07, 6.45) is 0.951. The average molecular weight is 431 g/mol. The van der Waals surface area contributed by atoms with Gasteiger partial charge in [0.1, 0.15) is 10.8 Å². The van der Waals surface area contributed by atoms with E-state index >= 15 is 0 Å². The molecule has 0 aliphatic carbocycles. The largest absolute Gasteiger partial charge is 0.462 e. The third-order valence-electron chi connectivity index (χ3n) is 4.11. The number of esters is 1. The molecule has 3 rings (SSSR count). The highest BCUT2D eigenvalue weighted by atomic mass is 35.5. The number of amides is 1. The van der Waals surface area contributed by atoms with Gasteiger partial charge in [-0.1, -0.05) is 11.6 Å². The van der Waals surface area contributed by atoms with Crippen LogP contribution in [-0.2, 0) is 9.47 Å². The highest BCUT2D eigenvalue weighted by Gasteiger charge is 2.29. The number of fused-ring (bicyclic) bond motifs is 1. The van der Waals surface area contributed by atoms with E-state index in [1.807, 2.05) is 0 Å². The van der Waals surface area contributed by atoms with Gasteiger partial charge in [0.05, 0.1) is 24.1 Å².